The molecule has 2 saturated heterocycles. The van der Waals surface area contributed by atoms with Gasteiger partial charge in [-0.25, -0.2) is 0 Å². The van der Waals surface area contributed by atoms with E-state index in [1.807, 2.05) is 0 Å². The van der Waals surface area contributed by atoms with Crippen LogP contribution in [0.5, 0.6) is 0 Å². The zero-order valence-electron chi connectivity index (χ0n) is 9.06. The first kappa shape index (κ1) is 11.3. The van der Waals surface area contributed by atoms with Crippen LogP contribution in [-0.4, -0.2) is 56.3 Å². The first-order chi connectivity index (χ1) is 7.21. The number of nitrogens with two attached hydrogens (primary N) is 1. The minimum absolute atomic E-state index is 0.666. The van der Waals surface area contributed by atoms with Crippen molar-refractivity contribution in [1.29, 1.82) is 0 Å². The highest BCUT2D eigenvalue weighted by Crippen LogP contribution is 2.16. The number of hydrogen-bond acceptors (Lipinski definition) is 2. The second kappa shape index (κ2) is 4.78. The van der Waals surface area contributed by atoms with E-state index in [1.54, 1.807) is 8.61 Å². The van der Waals surface area contributed by atoms with E-state index in [4.69, 9.17) is 0 Å². The fraction of sp³-hybridized carbons (Fsp3) is 1.00. The molecule has 0 amide bonds. The Kier molecular flexibility index (Phi) is 3.60. The standard InChI is InChI=1S/C9H19N3O2S/c13-15(14,11-6-2-1-3-7-11)12-8-4-10-5-9-12/h10H,1-9H2/p+1. The monoisotopic (exact) mass is 234 g/mol. The first-order valence-electron chi connectivity index (χ1n) is 5.78. The van der Waals surface area contributed by atoms with Crippen molar-refractivity contribution < 1.29 is 13.7 Å². The number of quaternary nitrogens is 1. The molecular formula is C9H20N3O2S+. The highest BCUT2D eigenvalue weighted by molar-refractivity contribution is 7.86. The molecule has 0 radical (unpaired) electrons. The van der Waals surface area contributed by atoms with E-state index in [-0.39, 0.29) is 0 Å². The molecule has 0 aromatic carbocycles. The molecule has 0 aromatic heterocycles. The molecule has 2 rings (SSSR count). The van der Waals surface area contributed by atoms with Gasteiger partial charge in [0.15, 0.2) is 0 Å². The minimum atomic E-state index is -3.14. The zero-order chi connectivity index (χ0) is 10.7. The summed E-state index contributed by atoms with van der Waals surface area (Å²) >= 11 is 0. The van der Waals surface area contributed by atoms with Gasteiger partial charge in [0, 0.05) is 13.1 Å². The van der Waals surface area contributed by atoms with E-state index in [9.17, 15) is 8.42 Å². The molecule has 0 atom stereocenters. The average Bonchev–Trinajstić information content (AvgIpc) is 2.31. The van der Waals surface area contributed by atoms with Crippen LogP contribution >= 0.6 is 0 Å². The third-order valence-electron chi connectivity index (χ3n) is 3.13. The Morgan fingerprint density at radius 2 is 1.33 bits per heavy atom. The summed E-state index contributed by atoms with van der Waals surface area (Å²) in [5.74, 6) is 0. The molecule has 2 aliphatic heterocycles. The van der Waals surface area contributed by atoms with E-state index in [2.05, 4.69) is 5.32 Å². The maximum Gasteiger partial charge on any atom is 0.282 e. The maximum atomic E-state index is 12.2. The molecule has 2 fully saturated rings. The van der Waals surface area contributed by atoms with Gasteiger partial charge >= 0.3 is 0 Å². The molecule has 0 unspecified atom stereocenters. The van der Waals surface area contributed by atoms with Gasteiger partial charge in [0.1, 0.15) is 0 Å². The van der Waals surface area contributed by atoms with Crippen LogP contribution in [0, 0.1) is 0 Å². The van der Waals surface area contributed by atoms with Crippen LogP contribution in [-0.2, 0) is 10.2 Å². The summed E-state index contributed by atoms with van der Waals surface area (Å²) in [5.41, 5.74) is 0. The largest absolute Gasteiger partial charge is 0.344 e. The van der Waals surface area contributed by atoms with E-state index >= 15 is 0 Å². The summed E-state index contributed by atoms with van der Waals surface area (Å²) in [4.78, 5) is 0. The number of rotatable bonds is 2. The summed E-state index contributed by atoms with van der Waals surface area (Å²) < 4.78 is 27.6. The molecule has 0 bridgehead atoms. The van der Waals surface area contributed by atoms with E-state index in [0.717, 1.165) is 25.9 Å². The van der Waals surface area contributed by atoms with Crippen molar-refractivity contribution in [2.24, 2.45) is 0 Å². The van der Waals surface area contributed by atoms with Crippen molar-refractivity contribution in [2.75, 3.05) is 39.3 Å². The van der Waals surface area contributed by atoms with Crippen LogP contribution in [0.3, 0.4) is 0 Å². The Balaban J connectivity index is 2.03. The van der Waals surface area contributed by atoms with Gasteiger partial charge in [-0.15, -0.1) is 0 Å². The van der Waals surface area contributed by atoms with E-state index < -0.39 is 10.2 Å². The van der Waals surface area contributed by atoms with Crippen LogP contribution in [0.15, 0.2) is 0 Å². The third-order valence-corrected chi connectivity index (χ3v) is 5.17. The second-order valence-corrected chi connectivity index (χ2v) is 6.16. The molecule has 0 aromatic rings. The normalized spacial score (nSPS) is 26.7. The summed E-state index contributed by atoms with van der Waals surface area (Å²) in [6.45, 7) is 4.54. The molecule has 0 saturated carbocycles. The van der Waals surface area contributed by atoms with Crippen molar-refractivity contribution >= 4 is 10.2 Å². The lowest BCUT2D eigenvalue weighted by atomic mass is 10.2. The van der Waals surface area contributed by atoms with Crippen molar-refractivity contribution in [1.82, 2.24) is 8.61 Å². The van der Waals surface area contributed by atoms with Crippen LogP contribution in [0.25, 0.3) is 0 Å². The third kappa shape index (κ3) is 2.50. The van der Waals surface area contributed by atoms with E-state index in [0.29, 0.717) is 26.2 Å². The maximum absolute atomic E-state index is 12.2. The molecular weight excluding hydrogens is 214 g/mol. The lowest BCUT2D eigenvalue weighted by Gasteiger charge is -2.33. The number of nitrogens with zero attached hydrogens (tertiary/aromatic N) is 2. The Bertz CT molecular complexity index is 268. The molecule has 6 heteroatoms. The van der Waals surface area contributed by atoms with Crippen LogP contribution in [0.2, 0.25) is 0 Å². The lowest BCUT2D eigenvalue weighted by molar-refractivity contribution is -0.661. The Morgan fingerprint density at radius 1 is 0.800 bits per heavy atom. The second-order valence-electron chi connectivity index (χ2n) is 4.23. The zero-order valence-corrected chi connectivity index (χ0v) is 9.88. The van der Waals surface area contributed by atoms with Crippen molar-refractivity contribution in [3.05, 3.63) is 0 Å². The highest BCUT2D eigenvalue weighted by Gasteiger charge is 2.32. The van der Waals surface area contributed by atoms with Crippen molar-refractivity contribution in [3.8, 4) is 0 Å². The summed E-state index contributed by atoms with van der Waals surface area (Å²) in [7, 11) is -3.14. The predicted molar refractivity (Wildman–Crippen MR) is 57.6 cm³/mol. The molecule has 2 N–H and O–H groups in total. The van der Waals surface area contributed by atoms with Gasteiger partial charge in [-0.1, -0.05) is 6.42 Å². The molecule has 88 valence electrons. The SMILES string of the molecule is O=S(=O)(N1CCCCC1)N1CC[NH2+]CC1. The smallest absolute Gasteiger partial charge is 0.282 e. The molecule has 0 spiro atoms. The average molecular weight is 234 g/mol. The number of hydrogen-bond donors (Lipinski definition) is 1. The van der Waals surface area contributed by atoms with Crippen LogP contribution in [0.1, 0.15) is 19.3 Å². The van der Waals surface area contributed by atoms with Gasteiger partial charge in [-0.2, -0.15) is 17.0 Å². The summed E-state index contributed by atoms with van der Waals surface area (Å²) in [6, 6.07) is 0. The molecule has 2 aliphatic rings. The van der Waals surface area contributed by atoms with Gasteiger partial charge in [0.2, 0.25) is 0 Å². The van der Waals surface area contributed by atoms with Crippen LogP contribution < -0.4 is 5.32 Å². The Labute approximate surface area is 91.6 Å². The van der Waals surface area contributed by atoms with Gasteiger partial charge < -0.3 is 5.32 Å². The quantitative estimate of drug-likeness (QED) is 0.638. The van der Waals surface area contributed by atoms with E-state index in [1.165, 1.54) is 6.42 Å². The summed E-state index contributed by atoms with van der Waals surface area (Å²) in [6.07, 6.45) is 3.19. The Morgan fingerprint density at radius 3 is 1.93 bits per heavy atom. The number of piperazine rings is 1. The molecule has 0 aliphatic carbocycles. The number of piperidine rings is 1. The first-order valence-corrected chi connectivity index (χ1v) is 7.18. The Hall–Kier alpha value is -0.170. The fourth-order valence-electron chi connectivity index (χ4n) is 2.22. The van der Waals surface area contributed by atoms with Gasteiger partial charge in [-0.05, 0) is 12.8 Å². The topological polar surface area (TPSA) is 57.2 Å². The predicted octanol–water partition coefficient (Wildman–Crippen LogP) is -1.40. The summed E-state index contributed by atoms with van der Waals surface area (Å²) in [5, 5.41) is 2.17. The van der Waals surface area contributed by atoms with Crippen LogP contribution in [0.4, 0.5) is 0 Å². The lowest BCUT2D eigenvalue weighted by Crippen LogP contribution is -2.90. The highest BCUT2D eigenvalue weighted by atomic mass is 32.2. The molecule has 2 heterocycles. The van der Waals surface area contributed by atoms with Crippen molar-refractivity contribution in [3.63, 3.8) is 0 Å². The molecule has 15 heavy (non-hydrogen) atoms. The van der Waals surface area contributed by atoms with Crippen molar-refractivity contribution in [2.45, 2.75) is 19.3 Å². The molecule has 5 nitrogen and oxygen atoms in total. The fourth-order valence-corrected chi connectivity index (χ4v) is 3.93. The minimum Gasteiger partial charge on any atom is -0.344 e. The van der Waals surface area contributed by atoms with Gasteiger partial charge in [0.05, 0.1) is 26.2 Å². The van der Waals surface area contributed by atoms with Gasteiger partial charge in [-0.3, -0.25) is 0 Å². The van der Waals surface area contributed by atoms with Gasteiger partial charge in [0.25, 0.3) is 10.2 Å².